The minimum atomic E-state index is 0.0648. The van der Waals surface area contributed by atoms with Gasteiger partial charge in [-0.15, -0.1) is 46.7 Å². The van der Waals surface area contributed by atoms with Gasteiger partial charge in [-0.3, -0.25) is 0 Å². The Kier molecular flexibility index (Phi) is 7.15. The first-order valence-corrected chi connectivity index (χ1v) is 9.09. The van der Waals surface area contributed by atoms with Gasteiger partial charge in [0.05, 0.1) is 9.42 Å². The van der Waals surface area contributed by atoms with E-state index in [9.17, 15) is 0 Å². The molecule has 2 unspecified atom stereocenters. The lowest BCUT2D eigenvalue weighted by Crippen LogP contribution is -1.98. The van der Waals surface area contributed by atoms with Gasteiger partial charge in [-0.1, -0.05) is 36.4 Å². The minimum Gasteiger partial charge on any atom is -0.111 e. The first kappa shape index (κ1) is 16.1. The molecule has 0 saturated carbocycles. The molecule has 0 aliphatic carbocycles. The number of halogens is 2. The predicted octanol–water partition coefficient (Wildman–Crippen LogP) is 6.48. The van der Waals surface area contributed by atoms with E-state index in [1.807, 2.05) is 36.4 Å². The molecule has 2 rings (SSSR count). The van der Waals surface area contributed by atoms with Crippen molar-refractivity contribution < 1.29 is 0 Å². The summed E-state index contributed by atoms with van der Waals surface area (Å²) in [4.78, 5) is 2.41. The molecule has 20 heavy (non-hydrogen) atoms. The molecule has 0 radical (unpaired) electrons. The normalized spacial score (nSPS) is 13.9. The molecular weight excluding hydrogens is 327 g/mol. The van der Waals surface area contributed by atoms with Crippen molar-refractivity contribution in [1.82, 2.24) is 0 Å². The summed E-state index contributed by atoms with van der Waals surface area (Å²) in [5.41, 5.74) is 0. The molecule has 0 bridgehead atoms. The van der Waals surface area contributed by atoms with Crippen LogP contribution in [0.25, 0.3) is 0 Å². The quantitative estimate of drug-likeness (QED) is 0.417. The van der Waals surface area contributed by atoms with E-state index in [2.05, 4.69) is 24.3 Å². The van der Waals surface area contributed by atoms with E-state index in [1.165, 1.54) is 9.79 Å². The van der Waals surface area contributed by atoms with Crippen molar-refractivity contribution in [2.45, 2.75) is 32.1 Å². The molecule has 0 saturated heterocycles. The Morgan fingerprint density at radius 2 is 1.00 bits per heavy atom. The topological polar surface area (TPSA) is 0 Å². The van der Waals surface area contributed by atoms with Crippen molar-refractivity contribution in [3.63, 3.8) is 0 Å². The van der Waals surface area contributed by atoms with Crippen molar-refractivity contribution in [1.29, 1.82) is 0 Å². The number of alkyl halides is 2. The van der Waals surface area contributed by atoms with E-state index in [0.29, 0.717) is 0 Å². The first-order valence-electron chi connectivity index (χ1n) is 6.45. The van der Waals surface area contributed by atoms with Crippen LogP contribution in [0.1, 0.15) is 12.8 Å². The van der Waals surface area contributed by atoms with Crippen molar-refractivity contribution in [3.8, 4) is 0 Å². The highest BCUT2D eigenvalue weighted by atomic mass is 35.5. The zero-order chi connectivity index (χ0) is 14.2. The van der Waals surface area contributed by atoms with Crippen LogP contribution in [-0.4, -0.2) is 9.42 Å². The van der Waals surface area contributed by atoms with E-state index >= 15 is 0 Å². The first-order chi connectivity index (χ1) is 9.74. The average Bonchev–Trinajstić information content (AvgIpc) is 2.47. The summed E-state index contributed by atoms with van der Waals surface area (Å²) in [5.74, 6) is 0. The second-order valence-electron chi connectivity index (χ2n) is 4.26. The highest BCUT2D eigenvalue weighted by Crippen LogP contribution is 2.33. The van der Waals surface area contributed by atoms with Crippen LogP contribution >= 0.6 is 46.7 Å². The molecule has 0 aromatic heterocycles. The standard InChI is InChI=1S/C16H16Cl2S2/c17-15(19-13-7-3-1-4-8-13)11-12-16(18)20-14-9-5-2-6-10-14/h1-10,15-16H,11-12H2. The maximum Gasteiger partial charge on any atom is 0.0836 e. The third-order valence-electron chi connectivity index (χ3n) is 2.63. The van der Waals surface area contributed by atoms with Gasteiger partial charge in [0.1, 0.15) is 0 Å². The lowest BCUT2D eigenvalue weighted by atomic mass is 10.4. The van der Waals surface area contributed by atoms with Crippen LogP contribution in [0, 0.1) is 0 Å². The van der Waals surface area contributed by atoms with Crippen molar-refractivity contribution >= 4 is 46.7 Å². The van der Waals surface area contributed by atoms with E-state index in [-0.39, 0.29) is 9.42 Å². The van der Waals surface area contributed by atoms with Crippen LogP contribution in [0.4, 0.5) is 0 Å². The number of hydrogen-bond donors (Lipinski definition) is 0. The Balaban J connectivity index is 1.71. The molecule has 2 atom stereocenters. The third-order valence-corrected chi connectivity index (χ3v) is 5.68. The van der Waals surface area contributed by atoms with Gasteiger partial charge in [0.15, 0.2) is 0 Å². The van der Waals surface area contributed by atoms with Crippen LogP contribution in [0.15, 0.2) is 70.5 Å². The maximum absolute atomic E-state index is 6.36. The van der Waals surface area contributed by atoms with Crippen LogP contribution in [-0.2, 0) is 0 Å². The molecule has 0 spiro atoms. The number of hydrogen-bond acceptors (Lipinski definition) is 2. The van der Waals surface area contributed by atoms with Crippen molar-refractivity contribution in [2.24, 2.45) is 0 Å². The van der Waals surface area contributed by atoms with Gasteiger partial charge in [-0.2, -0.15) is 0 Å². The summed E-state index contributed by atoms with van der Waals surface area (Å²) in [7, 11) is 0. The molecule has 0 nitrogen and oxygen atoms in total. The van der Waals surface area contributed by atoms with Crippen molar-refractivity contribution in [3.05, 3.63) is 60.7 Å². The van der Waals surface area contributed by atoms with E-state index in [1.54, 1.807) is 23.5 Å². The summed E-state index contributed by atoms with van der Waals surface area (Å²) in [6.07, 6.45) is 1.80. The maximum atomic E-state index is 6.36. The molecular formula is C16H16Cl2S2. The fourth-order valence-corrected chi connectivity index (χ4v) is 4.27. The smallest absolute Gasteiger partial charge is 0.0836 e. The van der Waals surface area contributed by atoms with Crippen LogP contribution in [0.2, 0.25) is 0 Å². The fourth-order valence-electron chi connectivity index (χ4n) is 1.67. The number of rotatable bonds is 7. The second kappa shape index (κ2) is 8.89. The minimum absolute atomic E-state index is 0.0648. The van der Waals surface area contributed by atoms with Gasteiger partial charge < -0.3 is 0 Å². The molecule has 4 heteroatoms. The monoisotopic (exact) mass is 342 g/mol. The SMILES string of the molecule is ClC(CCC(Cl)Sc1ccccc1)Sc1ccccc1. The number of thioether (sulfide) groups is 2. The van der Waals surface area contributed by atoms with E-state index in [4.69, 9.17) is 23.2 Å². The Labute approximate surface area is 139 Å². The molecule has 2 aromatic rings. The molecule has 106 valence electrons. The summed E-state index contributed by atoms with van der Waals surface area (Å²) >= 11 is 16.1. The highest BCUT2D eigenvalue weighted by molar-refractivity contribution is 8.01. The zero-order valence-corrected chi connectivity index (χ0v) is 14.1. The lowest BCUT2D eigenvalue weighted by molar-refractivity contribution is 0.845. The molecule has 0 N–H and O–H groups in total. The molecule has 0 heterocycles. The number of benzene rings is 2. The Bertz CT molecular complexity index is 443. The average molecular weight is 343 g/mol. The summed E-state index contributed by atoms with van der Waals surface area (Å²) < 4.78 is 0.130. The summed E-state index contributed by atoms with van der Waals surface area (Å²) in [6.45, 7) is 0. The van der Waals surface area contributed by atoms with Crippen LogP contribution in [0.3, 0.4) is 0 Å². The Hall–Kier alpha value is -0.280. The molecule has 0 aliphatic heterocycles. The lowest BCUT2D eigenvalue weighted by Gasteiger charge is -2.12. The van der Waals surface area contributed by atoms with Gasteiger partial charge in [0, 0.05) is 9.79 Å². The largest absolute Gasteiger partial charge is 0.111 e. The summed E-state index contributed by atoms with van der Waals surface area (Å²) in [5, 5.41) is 0. The fraction of sp³-hybridized carbons (Fsp3) is 0.250. The highest BCUT2D eigenvalue weighted by Gasteiger charge is 2.12. The van der Waals surface area contributed by atoms with Gasteiger partial charge >= 0.3 is 0 Å². The van der Waals surface area contributed by atoms with Crippen LogP contribution in [0.5, 0.6) is 0 Å². The third kappa shape index (κ3) is 6.01. The molecule has 2 aromatic carbocycles. The second-order valence-corrected chi connectivity index (χ2v) is 8.38. The van der Waals surface area contributed by atoms with Gasteiger partial charge in [0.2, 0.25) is 0 Å². The Morgan fingerprint density at radius 1 is 0.650 bits per heavy atom. The molecule has 0 amide bonds. The molecule has 0 fully saturated rings. The van der Waals surface area contributed by atoms with Crippen molar-refractivity contribution in [2.75, 3.05) is 0 Å². The Morgan fingerprint density at radius 3 is 1.35 bits per heavy atom. The predicted molar refractivity (Wildman–Crippen MR) is 93.1 cm³/mol. The van der Waals surface area contributed by atoms with Crippen LogP contribution < -0.4 is 0 Å². The van der Waals surface area contributed by atoms with E-state index < -0.39 is 0 Å². The van der Waals surface area contributed by atoms with E-state index in [0.717, 1.165) is 12.8 Å². The van der Waals surface area contributed by atoms with Gasteiger partial charge in [-0.05, 0) is 37.1 Å². The van der Waals surface area contributed by atoms with Gasteiger partial charge in [0.25, 0.3) is 0 Å². The summed E-state index contributed by atoms with van der Waals surface area (Å²) in [6, 6.07) is 20.5. The molecule has 0 aliphatic rings. The van der Waals surface area contributed by atoms with Gasteiger partial charge in [-0.25, -0.2) is 0 Å². The zero-order valence-electron chi connectivity index (χ0n) is 10.9.